The number of ketones is 1. The number of H-pyrrole nitrogens is 1. The normalized spacial score (nSPS) is 24.5. The van der Waals surface area contributed by atoms with Gasteiger partial charge in [0, 0.05) is 50.3 Å². The summed E-state index contributed by atoms with van der Waals surface area (Å²) in [5.41, 5.74) is 1.93. The standard InChI is InChI=1S/C30H48ClN5O4Si/c1-20-19-35(15-16-40-41(7,8)29(2,3)4)13-14-36(20)25-18-24-23(17-22(25)31)33-27(34-24)26(37)30(5)11-9-21(10-12-30)32-28(38)39-6/h17-18,20-21H,9-16,19H2,1-8H3,(H,32,38)(H,33,34). The number of Topliss-reactive ketones (excluding diaryl/α,β-unsaturated/α-hetero) is 1. The number of benzene rings is 1. The zero-order valence-corrected chi connectivity index (χ0v) is 27.8. The van der Waals surface area contributed by atoms with Crippen molar-refractivity contribution in [2.75, 3.05) is 44.8 Å². The second-order valence-electron chi connectivity index (χ2n) is 13.7. The molecule has 1 saturated heterocycles. The Morgan fingerprint density at radius 3 is 2.51 bits per heavy atom. The summed E-state index contributed by atoms with van der Waals surface area (Å²) in [4.78, 5) is 37.9. The lowest BCUT2D eigenvalue weighted by Gasteiger charge is -2.42. The van der Waals surface area contributed by atoms with E-state index in [9.17, 15) is 9.59 Å². The van der Waals surface area contributed by atoms with Crippen LogP contribution in [0.2, 0.25) is 23.2 Å². The second-order valence-corrected chi connectivity index (χ2v) is 18.9. The number of halogens is 1. The van der Waals surface area contributed by atoms with Gasteiger partial charge in [-0.25, -0.2) is 9.78 Å². The van der Waals surface area contributed by atoms with Gasteiger partial charge in [-0.3, -0.25) is 9.69 Å². The first kappa shape index (κ1) is 31.8. The monoisotopic (exact) mass is 605 g/mol. The van der Waals surface area contributed by atoms with Crippen molar-refractivity contribution in [3.63, 3.8) is 0 Å². The number of fused-ring (bicyclic) bond motifs is 1. The zero-order chi connectivity index (χ0) is 30.2. The molecular formula is C30H48ClN5O4Si. The molecule has 228 valence electrons. The first-order valence-corrected chi connectivity index (χ1v) is 18.1. The van der Waals surface area contributed by atoms with Crippen LogP contribution in [0.5, 0.6) is 0 Å². The van der Waals surface area contributed by atoms with Crippen LogP contribution in [0.1, 0.15) is 70.9 Å². The van der Waals surface area contributed by atoms with E-state index in [1.54, 1.807) is 0 Å². The van der Waals surface area contributed by atoms with Crippen molar-refractivity contribution in [2.45, 2.75) is 90.5 Å². The number of amides is 1. The van der Waals surface area contributed by atoms with Crippen molar-refractivity contribution >= 4 is 48.5 Å². The number of nitrogens with one attached hydrogen (secondary N) is 2. The van der Waals surface area contributed by atoms with Crippen molar-refractivity contribution in [3.05, 3.63) is 23.0 Å². The van der Waals surface area contributed by atoms with Gasteiger partial charge in [0.25, 0.3) is 0 Å². The van der Waals surface area contributed by atoms with Crippen LogP contribution in [0.25, 0.3) is 11.0 Å². The number of ether oxygens (including phenoxy) is 1. The molecular weight excluding hydrogens is 558 g/mol. The Morgan fingerprint density at radius 2 is 1.90 bits per heavy atom. The van der Waals surface area contributed by atoms with Crippen molar-refractivity contribution in [1.29, 1.82) is 0 Å². The molecule has 1 aliphatic heterocycles. The van der Waals surface area contributed by atoms with Crippen LogP contribution < -0.4 is 10.2 Å². The van der Waals surface area contributed by atoms with Gasteiger partial charge in [0.05, 0.1) is 28.9 Å². The minimum atomic E-state index is -1.75. The molecule has 2 aliphatic rings. The quantitative estimate of drug-likeness (QED) is 0.271. The molecule has 2 N–H and O–H groups in total. The number of carbonyl (C=O) groups is 2. The summed E-state index contributed by atoms with van der Waals surface area (Å²) in [6.07, 6.45) is 2.36. The molecule has 1 atom stereocenters. The summed E-state index contributed by atoms with van der Waals surface area (Å²) in [7, 11) is -0.387. The van der Waals surface area contributed by atoms with Gasteiger partial charge in [-0.1, -0.05) is 39.3 Å². The van der Waals surface area contributed by atoms with E-state index in [0.717, 1.165) is 62.3 Å². The highest BCUT2D eigenvalue weighted by Crippen LogP contribution is 2.40. The topological polar surface area (TPSA) is 99.8 Å². The number of rotatable bonds is 8. The number of methoxy groups -OCH3 is 1. The summed E-state index contributed by atoms with van der Waals surface area (Å²) in [6, 6.07) is 4.20. The molecule has 1 unspecified atom stereocenters. The minimum absolute atomic E-state index is 0.00444. The van der Waals surface area contributed by atoms with E-state index >= 15 is 0 Å². The Bertz CT molecular complexity index is 1250. The molecule has 1 aliphatic carbocycles. The van der Waals surface area contributed by atoms with Crippen molar-refractivity contribution in [2.24, 2.45) is 5.41 Å². The summed E-state index contributed by atoms with van der Waals surface area (Å²) in [5, 5.41) is 3.72. The molecule has 41 heavy (non-hydrogen) atoms. The Morgan fingerprint density at radius 1 is 1.22 bits per heavy atom. The average Bonchev–Trinajstić information content (AvgIpc) is 3.31. The molecule has 11 heteroatoms. The molecule has 0 bridgehead atoms. The van der Waals surface area contributed by atoms with Gasteiger partial charge in [0.15, 0.2) is 14.1 Å². The summed E-state index contributed by atoms with van der Waals surface area (Å²) in [5.74, 6) is 0.375. The Balaban J connectivity index is 1.39. The van der Waals surface area contributed by atoms with Crippen LogP contribution in [0.3, 0.4) is 0 Å². The second kappa shape index (κ2) is 12.2. The summed E-state index contributed by atoms with van der Waals surface area (Å²) >= 11 is 6.80. The SMILES string of the molecule is COC(=O)NC1CCC(C)(C(=O)c2nc3cc(N4CCN(CCO[Si](C)(C)C(C)(C)C)CC4C)c(Cl)cc3[nH]2)CC1. The van der Waals surface area contributed by atoms with Crippen LogP contribution in [0.4, 0.5) is 10.5 Å². The molecule has 4 rings (SSSR count). The first-order chi connectivity index (χ1) is 19.1. The number of anilines is 1. The maximum absolute atomic E-state index is 13.6. The highest BCUT2D eigenvalue weighted by molar-refractivity contribution is 6.74. The molecule has 1 saturated carbocycles. The summed E-state index contributed by atoms with van der Waals surface area (Å²) < 4.78 is 11.1. The lowest BCUT2D eigenvalue weighted by atomic mass is 9.71. The molecule has 2 aromatic rings. The highest BCUT2D eigenvalue weighted by Gasteiger charge is 2.40. The van der Waals surface area contributed by atoms with Gasteiger partial charge < -0.3 is 24.4 Å². The van der Waals surface area contributed by atoms with E-state index in [4.69, 9.17) is 25.7 Å². The van der Waals surface area contributed by atoms with Gasteiger partial charge >= 0.3 is 6.09 Å². The van der Waals surface area contributed by atoms with Crippen LogP contribution in [-0.2, 0) is 9.16 Å². The van der Waals surface area contributed by atoms with Crippen LogP contribution in [0, 0.1) is 5.41 Å². The number of carbonyl (C=O) groups excluding carboxylic acids is 2. The predicted octanol–water partition coefficient (Wildman–Crippen LogP) is 6.24. The molecule has 0 spiro atoms. The number of imidazole rings is 1. The van der Waals surface area contributed by atoms with Crippen LogP contribution in [0.15, 0.2) is 12.1 Å². The van der Waals surface area contributed by atoms with Gasteiger partial charge in [-0.15, -0.1) is 0 Å². The Kier molecular flexibility index (Phi) is 9.48. The Hall–Kier alpha value is -2.14. The van der Waals surface area contributed by atoms with Gasteiger partial charge in [0.2, 0.25) is 5.78 Å². The fourth-order valence-corrected chi connectivity index (χ4v) is 7.03. The number of piperazine rings is 1. The van der Waals surface area contributed by atoms with E-state index in [0.29, 0.717) is 23.7 Å². The molecule has 1 amide bonds. The third kappa shape index (κ3) is 7.09. The molecule has 1 aromatic heterocycles. The lowest BCUT2D eigenvalue weighted by molar-refractivity contribution is 0.0715. The minimum Gasteiger partial charge on any atom is -0.453 e. The molecule has 9 nitrogen and oxygen atoms in total. The largest absolute Gasteiger partial charge is 0.453 e. The first-order valence-electron chi connectivity index (χ1n) is 14.8. The smallest absolute Gasteiger partial charge is 0.407 e. The van der Waals surface area contributed by atoms with E-state index in [1.807, 2.05) is 19.1 Å². The van der Waals surface area contributed by atoms with Crippen LogP contribution >= 0.6 is 11.6 Å². The van der Waals surface area contributed by atoms with Gasteiger partial charge in [-0.2, -0.15) is 0 Å². The molecule has 1 aromatic carbocycles. The van der Waals surface area contributed by atoms with Crippen LogP contribution in [-0.4, -0.2) is 87.0 Å². The molecule has 2 heterocycles. The average molecular weight is 606 g/mol. The molecule has 2 fully saturated rings. The van der Waals surface area contributed by atoms with Crippen molar-refractivity contribution in [3.8, 4) is 0 Å². The Labute approximate surface area is 250 Å². The number of aromatic amines is 1. The van der Waals surface area contributed by atoms with Gasteiger partial charge in [0.1, 0.15) is 0 Å². The maximum Gasteiger partial charge on any atom is 0.407 e. The lowest BCUT2D eigenvalue weighted by Crippen LogP contribution is -2.53. The molecule has 0 radical (unpaired) electrons. The highest BCUT2D eigenvalue weighted by atomic mass is 35.5. The maximum atomic E-state index is 13.6. The zero-order valence-electron chi connectivity index (χ0n) is 26.0. The van der Waals surface area contributed by atoms with E-state index in [-0.39, 0.29) is 22.9 Å². The van der Waals surface area contributed by atoms with E-state index in [1.165, 1.54) is 7.11 Å². The van der Waals surface area contributed by atoms with Crippen molar-refractivity contribution < 1.29 is 18.8 Å². The van der Waals surface area contributed by atoms with Gasteiger partial charge in [-0.05, 0) is 62.9 Å². The fourth-order valence-electron chi connectivity index (χ4n) is 5.73. The number of hydrogen-bond acceptors (Lipinski definition) is 7. The third-order valence-corrected chi connectivity index (χ3v) is 14.4. The van der Waals surface area contributed by atoms with E-state index < -0.39 is 19.8 Å². The number of hydrogen-bond donors (Lipinski definition) is 2. The van der Waals surface area contributed by atoms with Crippen molar-refractivity contribution in [1.82, 2.24) is 20.2 Å². The fraction of sp³-hybridized carbons (Fsp3) is 0.700. The third-order valence-electron chi connectivity index (χ3n) is 9.61. The number of aromatic nitrogens is 2. The summed E-state index contributed by atoms with van der Waals surface area (Å²) in [6.45, 7) is 20.1. The number of nitrogens with zero attached hydrogens (tertiary/aromatic N) is 3. The van der Waals surface area contributed by atoms with E-state index in [2.05, 4.69) is 60.9 Å². The number of alkyl carbamates (subject to hydrolysis) is 1. The predicted molar refractivity (Wildman–Crippen MR) is 168 cm³/mol.